The molecule has 0 radical (unpaired) electrons. The van der Waals surface area contributed by atoms with Crippen molar-refractivity contribution >= 4 is 0 Å². The van der Waals surface area contributed by atoms with E-state index in [4.69, 9.17) is 9.47 Å². The summed E-state index contributed by atoms with van der Waals surface area (Å²) in [5, 5.41) is 3.71. The number of nitrogens with one attached hydrogen (secondary N) is 1. The zero-order valence-corrected chi connectivity index (χ0v) is 13.0. The van der Waals surface area contributed by atoms with Gasteiger partial charge in [-0.15, -0.1) is 0 Å². The van der Waals surface area contributed by atoms with E-state index in [1.807, 2.05) is 0 Å². The number of hydrogen-bond acceptors (Lipinski definition) is 4. The predicted molar refractivity (Wildman–Crippen MR) is 79.6 cm³/mol. The molecule has 19 heavy (non-hydrogen) atoms. The standard InChI is InChI=1S/C15H32N2O2/c1-14-5-4-6-15(13-14)16-7-8-17(9-11-18-2)10-12-19-3/h14-16H,4-13H2,1-3H3. The maximum atomic E-state index is 5.16. The first-order valence-corrected chi connectivity index (χ1v) is 7.70. The second-order valence-corrected chi connectivity index (χ2v) is 5.75. The van der Waals surface area contributed by atoms with Gasteiger partial charge in [-0.1, -0.05) is 19.8 Å². The molecule has 1 N–H and O–H groups in total. The Morgan fingerprint density at radius 2 is 1.74 bits per heavy atom. The van der Waals surface area contributed by atoms with E-state index in [1.165, 1.54) is 25.7 Å². The van der Waals surface area contributed by atoms with Gasteiger partial charge in [0.25, 0.3) is 0 Å². The van der Waals surface area contributed by atoms with Crippen LogP contribution >= 0.6 is 0 Å². The number of rotatable bonds is 10. The van der Waals surface area contributed by atoms with E-state index in [1.54, 1.807) is 14.2 Å². The average molecular weight is 272 g/mol. The fourth-order valence-electron chi connectivity index (χ4n) is 2.82. The van der Waals surface area contributed by atoms with Crippen LogP contribution in [-0.4, -0.2) is 64.6 Å². The molecule has 0 aromatic heterocycles. The average Bonchev–Trinajstić information content (AvgIpc) is 2.41. The lowest BCUT2D eigenvalue weighted by atomic mass is 9.87. The van der Waals surface area contributed by atoms with Gasteiger partial charge in [0.2, 0.25) is 0 Å². The quantitative estimate of drug-likeness (QED) is 0.657. The van der Waals surface area contributed by atoms with Crippen LogP contribution in [0.15, 0.2) is 0 Å². The van der Waals surface area contributed by atoms with Gasteiger partial charge >= 0.3 is 0 Å². The summed E-state index contributed by atoms with van der Waals surface area (Å²) >= 11 is 0. The van der Waals surface area contributed by atoms with Gasteiger partial charge in [0.05, 0.1) is 13.2 Å². The Morgan fingerprint density at radius 3 is 2.32 bits per heavy atom. The van der Waals surface area contributed by atoms with Crippen LogP contribution in [0.4, 0.5) is 0 Å². The van der Waals surface area contributed by atoms with Gasteiger partial charge in [-0.3, -0.25) is 4.90 Å². The van der Waals surface area contributed by atoms with Crippen LogP contribution in [0.5, 0.6) is 0 Å². The van der Waals surface area contributed by atoms with Crippen molar-refractivity contribution in [1.29, 1.82) is 0 Å². The van der Waals surface area contributed by atoms with Crippen LogP contribution in [0.25, 0.3) is 0 Å². The van der Waals surface area contributed by atoms with Crippen molar-refractivity contribution < 1.29 is 9.47 Å². The van der Waals surface area contributed by atoms with E-state index < -0.39 is 0 Å². The van der Waals surface area contributed by atoms with Gasteiger partial charge in [-0.2, -0.15) is 0 Å². The second kappa shape index (κ2) is 10.6. The molecule has 0 saturated heterocycles. The molecule has 1 rings (SSSR count). The van der Waals surface area contributed by atoms with Gasteiger partial charge in [0.1, 0.15) is 0 Å². The van der Waals surface area contributed by atoms with Gasteiger partial charge < -0.3 is 14.8 Å². The summed E-state index contributed by atoms with van der Waals surface area (Å²) in [6, 6.07) is 0.732. The monoisotopic (exact) mass is 272 g/mol. The highest BCUT2D eigenvalue weighted by Crippen LogP contribution is 2.23. The molecule has 2 unspecified atom stereocenters. The lowest BCUT2D eigenvalue weighted by molar-refractivity contribution is 0.113. The fourth-order valence-corrected chi connectivity index (χ4v) is 2.82. The van der Waals surface area contributed by atoms with Crippen LogP contribution in [0, 0.1) is 5.92 Å². The van der Waals surface area contributed by atoms with E-state index in [-0.39, 0.29) is 0 Å². The van der Waals surface area contributed by atoms with E-state index >= 15 is 0 Å². The second-order valence-electron chi connectivity index (χ2n) is 5.75. The summed E-state index contributed by atoms with van der Waals surface area (Å²) in [4.78, 5) is 2.41. The lowest BCUT2D eigenvalue weighted by Crippen LogP contribution is -2.41. The Hall–Kier alpha value is -0.160. The van der Waals surface area contributed by atoms with Crippen molar-refractivity contribution in [2.45, 2.75) is 38.6 Å². The van der Waals surface area contributed by atoms with Crippen LogP contribution in [0.2, 0.25) is 0 Å². The highest BCUT2D eigenvalue weighted by atomic mass is 16.5. The first kappa shape index (κ1) is 16.9. The normalized spacial score (nSPS) is 24.0. The minimum atomic E-state index is 0.732. The molecule has 0 aliphatic heterocycles. The van der Waals surface area contributed by atoms with E-state index in [0.717, 1.165) is 51.4 Å². The molecule has 0 bridgehead atoms. The van der Waals surface area contributed by atoms with Gasteiger partial charge in [-0.25, -0.2) is 0 Å². The Balaban J connectivity index is 2.14. The third kappa shape index (κ3) is 7.88. The Labute approximate surface area is 118 Å². The fraction of sp³-hybridized carbons (Fsp3) is 1.00. The largest absolute Gasteiger partial charge is 0.383 e. The molecular weight excluding hydrogens is 240 g/mol. The highest BCUT2D eigenvalue weighted by Gasteiger charge is 2.18. The smallest absolute Gasteiger partial charge is 0.0589 e. The first-order valence-electron chi connectivity index (χ1n) is 7.70. The van der Waals surface area contributed by atoms with Crippen LogP contribution in [0.3, 0.4) is 0 Å². The molecule has 0 heterocycles. The van der Waals surface area contributed by atoms with Crippen molar-refractivity contribution in [3.8, 4) is 0 Å². The molecule has 1 aliphatic rings. The predicted octanol–water partition coefficient (Wildman–Crippen LogP) is 1.75. The topological polar surface area (TPSA) is 33.7 Å². The summed E-state index contributed by atoms with van der Waals surface area (Å²) in [6.45, 7) is 8.10. The Morgan fingerprint density at radius 1 is 1.05 bits per heavy atom. The van der Waals surface area contributed by atoms with E-state index in [0.29, 0.717) is 0 Å². The molecule has 1 saturated carbocycles. The summed E-state index contributed by atoms with van der Waals surface area (Å²) < 4.78 is 10.3. The van der Waals surface area contributed by atoms with Gasteiger partial charge in [0.15, 0.2) is 0 Å². The zero-order chi connectivity index (χ0) is 13.9. The third-order valence-electron chi connectivity index (χ3n) is 4.02. The SMILES string of the molecule is COCCN(CCNC1CCCC(C)C1)CCOC. The van der Waals surface area contributed by atoms with Crippen molar-refractivity contribution in [2.75, 3.05) is 53.6 Å². The van der Waals surface area contributed by atoms with Crippen LogP contribution in [0.1, 0.15) is 32.6 Å². The van der Waals surface area contributed by atoms with Crippen molar-refractivity contribution in [2.24, 2.45) is 5.92 Å². The van der Waals surface area contributed by atoms with E-state index in [2.05, 4.69) is 17.1 Å². The number of nitrogens with zero attached hydrogens (tertiary/aromatic N) is 1. The Kier molecular flexibility index (Phi) is 9.43. The number of methoxy groups -OCH3 is 2. The zero-order valence-electron chi connectivity index (χ0n) is 13.0. The maximum absolute atomic E-state index is 5.16. The summed E-state index contributed by atoms with van der Waals surface area (Å²) in [7, 11) is 3.52. The molecule has 0 aromatic rings. The number of ether oxygens (including phenoxy) is 2. The molecule has 4 nitrogen and oxygen atoms in total. The highest BCUT2D eigenvalue weighted by molar-refractivity contribution is 4.76. The Bertz CT molecular complexity index is 206. The lowest BCUT2D eigenvalue weighted by Gasteiger charge is -2.29. The summed E-state index contributed by atoms with van der Waals surface area (Å²) in [5.74, 6) is 0.893. The van der Waals surface area contributed by atoms with Gasteiger partial charge in [0, 0.05) is 46.4 Å². The van der Waals surface area contributed by atoms with Crippen LogP contribution < -0.4 is 5.32 Å². The number of hydrogen-bond donors (Lipinski definition) is 1. The molecule has 1 aliphatic carbocycles. The summed E-state index contributed by atoms with van der Waals surface area (Å²) in [5.41, 5.74) is 0. The first-order chi connectivity index (χ1) is 9.26. The molecule has 0 spiro atoms. The maximum Gasteiger partial charge on any atom is 0.0589 e. The summed E-state index contributed by atoms with van der Waals surface area (Å²) in [6.07, 6.45) is 5.48. The van der Waals surface area contributed by atoms with Crippen molar-refractivity contribution in [1.82, 2.24) is 10.2 Å². The molecule has 4 heteroatoms. The molecule has 0 aromatic carbocycles. The molecule has 114 valence electrons. The minimum absolute atomic E-state index is 0.732. The van der Waals surface area contributed by atoms with Crippen LogP contribution in [-0.2, 0) is 9.47 Å². The molecule has 1 fully saturated rings. The van der Waals surface area contributed by atoms with Crippen molar-refractivity contribution in [3.05, 3.63) is 0 Å². The third-order valence-corrected chi connectivity index (χ3v) is 4.02. The van der Waals surface area contributed by atoms with Crippen molar-refractivity contribution in [3.63, 3.8) is 0 Å². The minimum Gasteiger partial charge on any atom is -0.383 e. The molecule has 2 atom stereocenters. The van der Waals surface area contributed by atoms with Gasteiger partial charge in [-0.05, 0) is 18.8 Å². The molecular formula is C15H32N2O2. The molecule has 0 amide bonds. The van der Waals surface area contributed by atoms with E-state index in [9.17, 15) is 0 Å².